The van der Waals surface area contributed by atoms with Gasteiger partial charge in [0.15, 0.2) is 5.75 Å². The molecule has 1 N–H and O–H groups in total. The molecule has 5 nitrogen and oxygen atoms in total. The number of benzene rings is 1. The highest BCUT2D eigenvalue weighted by atomic mass is 16.6. The summed E-state index contributed by atoms with van der Waals surface area (Å²) in [6, 6.07) is 5.08. The quantitative estimate of drug-likeness (QED) is 0.449. The van der Waals surface area contributed by atoms with Gasteiger partial charge in [0.25, 0.3) is 0 Å². The Labute approximate surface area is 101 Å². The predicted octanol–water partition coefficient (Wildman–Crippen LogP) is 2.15. The second-order valence-corrected chi connectivity index (χ2v) is 3.76. The van der Waals surface area contributed by atoms with Gasteiger partial charge in [-0.15, -0.1) is 0 Å². The average Bonchev–Trinajstić information content (AvgIpc) is 2.34. The predicted molar refractivity (Wildman–Crippen MR) is 66.5 cm³/mol. The number of nitro benzene ring substituents is 1. The zero-order chi connectivity index (χ0) is 12.7. The number of nitrogens with one attached hydrogen (secondary N) is 1. The van der Waals surface area contributed by atoms with Crippen molar-refractivity contribution < 1.29 is 9.66 Å². The minimum atomic E-state index is -0.415. The Balaban J connectivity index is 2.68. The number of nitrogens with zero attached hydrogens (tertiary/aromatic N) is 1. The lowest BCUT2D eigenvalue weighted by Gasteiger charge is -2.05. The lowest BCUT2D eigenvalue weighted by Crippen LogP contribution is -2.17. The van der Waals surface area contributed by atoms with Gasteiger partial charge < -0.3 is 10.1 Å². The molecule has 1 aromatic rings. The summed E-state index contributed by atoms with van der Waals surface area (Å²) in [4.78, 5) is 10.4. The maximum atomic E-state index is 10.8. The van der Waals surface area contributed by atoms with Gasteiger partial charge in [-0.25, -0.2) is 0 Å². The molecule has 0 bridgehead atoms. The maximum Gasteiger partial charge on any atom is 0.311 e. The molecule has 0 atom stereocenters. The van der Waals surface area contributed by atoms with E-state index in [4.69, 9.17) is 4.74 Å². The van der Waals surface area contributed by atoms with Gasteiger partial charge >= 0.3 is 5.69 Å². The van der Waals surface area contributed by atoms with Crippen LogP contribution >= 0.6 is 0 Å². The van der Waals surface area contributed by atoms with Crippen molar-refractivity contribution >= 4 is 5.69 Å². The van der Waals surface area contributed by atoms with E-state index >= 15 is 0 Å². The largest absolute Gasteiger partial charge is 0.490 e. The van der Waals surface area contributed by atoms with Crippen LogP contribution in [0, 0.1) is 10.1 Å². The van der Waals surface area contributed by atoms with Crippen molar-refractivity contribution in [2.45, 2.75) is 19.8 Å². The first kappa shape index (κ1) is 13.4. The Hall–Kier alpha value is -1.62. The third kappa shape index (κ3) is 4.03. The minimum Gasteiger partial charge on any atom is -0.490 e. The molecular formula is C12H18N2O3. The van der Waals surface area contributed by atoms with Gasteiger partial charge in [0.05, 0.1) is 12.0 Å². The van der Waals surface area contributed by atoms with E-state index in [9.17, 15) is 10.1 Å². The first-order chi connectivity index (χ1) is 8.19. The molecule has 0 unspecified atom stereocenters. The van der Waals surface area contributed by atoms with Crippen LogP contribution in [0.4, 0.5) is 5.69 Å². The molecule has 0 amide bonds. The van der Waals surface area contributed by atoms with Crippen LogP contribution in [0.3, 0.4) is 0 Å². The van der Waals surface area contributed by atoms with Gasteiger partial charge in [0, 0.05) is 6.07 Å². The summed E-state index contributed by atoms with van der Waals surface area (Å²) in [6.07, 6.45) is 1.87. The van der Waals surface area contributed by atoms with Crippen molar-refractivity contribution in [3.8, 4) is 5.75 Å². The molecule has 0 aliphatic carbocycles. The first-order valence-corrected chi connectivity index (χ1v) is 5.71. The Bertz CT molecular complexity index is 380. The fourth-order valence-electron chi connectivity index (χ4n) is 1.57. The standard InChI is InChI=1S/C12H18N2O3/c1-3-7-13-8-6-10-4-5-12(17-2)11(9-10)14(15)16/h4-5,9,13H,3,6-8H2,1-2H3. The van der Waals surface area contributed by atoms with Crippen LogP contribution in [-0.4, -0.2) is 25.1 Å². The summed E-state index contributed by atoms with van der Waals surface area (Å²) in [5.74, 6) is 0.306. The number of hydrogen-bond acceptors (Lipinski definition) is 4. The van der Waals surface area contributed by atoms with Gasteiger partial charge in [0.1, 0.15) is 0 Å². The van der Waals surface area contributed by atoms with Crippen LogP contribution in [0.2, 0.25) is 0 Å². The maximum absolute atomic E-state index is 10.8. The third-order valence-electron chi connectivity index (χ3n) is 2.46. The molecule has 0 fully saturated rings. The van der Waals surface area contributed by atoms with Gasteiger partial charge in [-0.3, -0.25) is 10.1 Å². The van der Waals surface area contributed by atoms with Crippen LogP contribution in [0.25, 0.3) is 0 Å². The summed E-state index contributed by atoms with van der Waals surface area (Å²) in [7, 11) is 1.44. The SMILES string of the molecule is CCCNCCc1ccc(OC)c([N+](=O)[O-])c1. The molecule has 17 heavy (non-hydrogen) atoms. The molecule has 0 saturated heterocycles. The second kappa shape index (κ2) is 6.85. The van der Waals surface area contributed by atoms with Gasteiger partial charge in [-0.2, -0.15) is 0 Å². The van der Waals surface area contributed by atoms with Gasteiger partial charge in [0.2, 0.25) is 0 Å². The summed E-state index contributed by atoms with van der Waals surface area (Å²) in [6.45, 7) is 3.90. The van der Waals surface area contributed by atoms with Crippen molar-refractivity contribution in [1.82, 2.24) is 5.32 Å². The molecular weight excluding hydrogens is 220 g/mol. The van der Waals surface area contributed by atoms with Crippen LogP contribution < -0.4 is 10.1 Å². The van der Waals surface area contributed by atoms with E-state index in [2.05, 4.69) is 12.2 Å². The van der Waals surface area contributed by atoms with E-state index in [0.717, 1.165) is 31.5 Å². The lowest BCUT2D eigenvalue weighted by molar-refractivity contribution is -0.385. The molecule has 0 heterocycles. The fraction of sp³-hybridized carbons (Fsp3) is 0.500. The molecule has 0 radical (unpaired) electrons. The molecule has 1 rings (SSSR count). The highest BCUT2D eigenvalue weighted by Crippen LogP contribution is 2.27. The van der Waals surface area contributed by atoms with Crippen molar-refractivity contribution in [3.63, 3.8) is 0 Å². The summed E-state index contributed by atoms with van der Waals surface area (Å²) in [5, 5.41) is 14.1. The van der Waals surface area contributed by atoms with Crippen molar-refractivity contribution in [1.29, 1.82) is 0 Å². The van der Waals surface area contributed by atoms with Gasteiger partial charge in [-0.05, 0) is 37.6 Å². The third-order valence-corrected chi connectivity index (χ3v) is 2.46. The number of nitro groups is 1. The van der Waals surface area contributed by atoms with Crippen molar-refractivity contribution in [2.24, 2.45) is 0 Å². The molecule has 0 saturated carbocycles. The zero-order valence-electron chi connectivity index (χ0n) is 10.2. The smallest absolute Gasteiger partial charge is 0.311 e. The first-order valence-electron chi connectivity index (χ1n) is 5.71. The monoisotopic (exact) mass is 238 g/mol. The van der Waals surface area contributed by atoms with E-state index in [1.54, 1.807) is 12.1 Å². The Morgan fingerprint density at radius 1 is 1.41 bits per heavy atom. The van der Waals surface area contributed by atoms with Crippen molar-refractivity contribution in [2.75, 3.05) is 20.2 Å². The van der Waals surface area contributed by atoms with E-state index in [1.165, 1.54) is 7.11 Å². The van der Waals surface area contributed by atoms with E-state index in [1.807, 2.05) is 6.07 Å². The highest BCUT2D eigenvalue weighted by Gasteiger charge is 2.14. The Morgan fingerprint density at radius 2 is 2.18 bits per heavy atom. The molecule has 0 aromatic heterocycles. The molecule has 5 heteroatoms. The Morgan fingerprint density at radius 3 is 2.76 bits per heavy atom. The van der Waals surface area contributed by atoms with Crippen LogP contribution in [-0.2, 0) is 6.42 Å². The van der Waals surface area contributed by atoms with E-state index < -0.39 is 4.92 Å². The normalized spacial score (nSPS) is 10.2. The highest BCUT2D eigenvalue weighted by molar-refractivity contribution is 5.48. The molecule has 0 aliphatic heterocycles. The number of methoxy groups -OCH3 is 1. The minimum absolute atomic E-state index is 0.0282. The van der Waals surface area contributed by atoms with Gasteiger partial charge in [-0.1, -0.05) is 13.0 Å². The lowest BCUT2D eigenvalue weighted by atomic mass is 10.1. The van der Waals surface area contributed by atoms with E-state index in [-0.39, 0.29) is 5.69 Å². The molecule has 0 spiro atoms. The van der Waals surface area contributed by atoms with E-state index in [0.29, 0.717) is 5.75 Å². The average molecular weight is 238 g/mol. The summed E-state index contributed by atoms with van der Waals surface area (Å²) in [5.41, 5.74) is 0.974. The molecule has 94 valence electrons. The zero-order valence-corrected chi connectivity index (χ0v) is 10.2. The number of hydrogen-bond donors (Lipinski definition) is 1. The second-order valence-electron chi connectivity index (χ2n) is 3.76. The summed E-state index contributed by atoms with van der Waals surface area (Å²) < 4.78 is 4.95. The Kier molecular flexibility index (Phi) is 5.42. The molecule has 1 aromatic carbocycles. The number of rotatable bonds is 7. The van der Waals surface area contributed by atoms with Crippen LogP contribution in [0.5, 0.6) is 5.75 Å². The van der Waals surface area contributed by atoms with Crippen LogP contribution in [0.15, 0.2) is 18.2 Å². The summed E-state index contributed by atoms with van der Waals surface area (Å²) >= 11 is 0. The topological polar surface area (TPSA) is 64.4 Å². The molecule has 0 aliphatic rings. The fourth-order valence-corrected chi connectivity index (χ4v) is 1.57. The van der Waals surface area contributed by atoms with Crippen molar-refractivity contribution in [3.05, 3.63) is 33.9 Å². The van der Waals surface area contributed by atoms with Crippen LogP contribution in [0.1, 0.15) is 18.9 Å². The number of ether oxygens (including phenoxy) is 1.